The van der Waals surface area contributed by atoms with E-state index in [2.05, 4.69) is 37.2 Å². The Kier molecular flexibility index (Phi) is 7.94. The van der Waals surface area contributed by atoms with Crippen molar-refractivity contribution in [2.24, 2.45) is 0 Å². The molecule has 0 radical (unpaired) electrons. The Hall–Kier alpha value is -4.64. The number of hydrogen-bond acceptors (Lipinski definition) is 9. The van der Waals surface area contributed by atoms with E-state index in [1.165, 1.54) is 5.56 Å². The minimum Gasteiger partial charge on any atom is -0.497 e. The van der Waals surface area contributed by atoms with Crippen LogP contribution in [-0.4, -0.2) is 82.9 Å². The molecule has 1 amide bonds. The van der Waals surface area contributed by atoms with Gasteiger partial charge in [-0.25, -0.2) is 9.97 Å². The predicted octanol–water partition coefficient (Wildman–Crippen LogP) is 2.49. The molecule has 6 rings (SSSR count). The van der Waals surface area contributed by atoms with Crippen LogP contribution in [0.2, 0.25) is 0 Å². The van der Waals surface area contributed by atoms with Crippen LogP contribution in [0.15, 0.2) is 73.4 Å². The second kappa shape index (κ2) is 12.3. The van der Waals surface area contributed by atoms with Crippen LogP contribution in [0, 0.1) is 0 Å². The number of aromatic nitrogens is 4. The van der Waals surface area contributed by atoms with E-state index < -0.39 is 0 Å². The largest absolute Gasteiger partial charge is 0.497 e. The Balaban J connectivity index is 1.17. The van der Waals surface area contributed by atoms with E-state index in [-0.39, 0.29) is 11.9 Å². The summed E-state index contributed by atoms with van der Waals surface area (Å²) in [5.41, 5.74) is 2.16. The van der Waals surface area contributed by atoms with Crippen LogP contribution in [0.1, 0.15) is 11.1 Å². The summed E-state index contributed by atoms with van der Waals surface area (Å²) >= 11 is 0. The van der Waals surface area contributed by atoms with Crippen molar-refractivity contribution in [3.8, 4) is 23.2 Å². The van der Waals surface area contributed by atoms with Gasteiger partial charge in [-0.1, -0.05) is 18.2 Å². The van der Waals surface area contributed by atoms with Gasteiger partial charge >= 0.3 is 0 Å². The van der Waals surface area contributed by atoms with Gasteiger partial charge < -0.3 is 24.4 Å². The number of rotatable bonds is 9. The fraction of sp³-hybridized carbons (Fsp3) is 0.333. The molecule has 1 atom stereocenters. The smallest absolute Gasteiger partial charge is 0.239 e. The maximum Gasteiger partial charge on any atom is 0.239 e. The average molecular weight is 556 g/mol. The number of hydrogen-bond donors (Lipinski definition) is 1. The Labute approximate surface area is 238 Å². The highest BCUT2D eigenvalue weighted by molar-refractivity contribution is 5.82. The lowest BCUT2D eigenvalue weighted by atomic mass is 10.1. The summed E-state index contributed by atoms with van der Waals surface area (Å²) in [5, 5.41) is 3.16. The maximum atomic E-state index is 13.7. The molecular formula is C30H33N7O4. The first-order chi connectivity index (χ1) is 20.2. The molecule has 2 aliphatic rings. The molecule has 0 saturated carbocycles. The number of imidazole rings is 1. The molecule has 1 fully saturated rings. The Bertz CT molecular complexity index is 1460. The highest BCUT2D eigenvalue weighted by Crippen LogP contribution is 2.30. The van der Waals surface area contributed by atoms with Crippen LogP contribution in [-0.2, 0) is 17.8 Å². The van der Waals surface area contributed by atoms with Gasteiger partial charge in [0.05, 0.1) is 7.11 Å². The van der Waals surface area contributed by atoms with Gasteiger partial charge in [0.1, 0.15) is 37.2 Å². The van der Waals surface area contributed by atoms with Gasteiger partial charge in [0, 0.05) is 51.3 Å². The van der Waals surface area contributed by atoms with E-state index >= 15 is 0 Å². The summed E-state index contributed by atoms with van der Waals surface area (Å²) in [6.45, 7) is 4.20. The lowest BCUT2D eigenvalue weighted by Gasteiger charge is -2.41. The zero-order valence-electron chi connectivity index (χ0n) is 23.0. The lowest BCUT2D eigenvalue weighted by Crippen LogP contribution is -2.59. The van der Waals surface area contributed by atoms with Gasteiger partial charge in [-0.15, -0.1) is 0 Å². The number of amides is 1. The Morgan fingerprint density at radius 1 is 1.02 bits per heavy atom. The summed E-state index contributed by atoms with van der Waals surface area (Å²) in [5.74, 6) is 3.58. The Morgan fingerprint density at radius 2 is 1.85 bits per heavy atom. The van der Waals surface area contributed by atoms with Crippen molar-refractivity contribution >= 4 is 11.7 Å². The molecule has 0 bridgehead atoms. The Morgan fingerprint density at radius 3 is 2.66 bits per heavy atom. The molecule has 0 spiro atoms. The minimum absolute atomic E-state index is 0.0248. The molecule has 1 unspecified atom stereocenters. The molecule has 0 aliphatic carbocycles. The molecule has 2 aromatic heterocycles. The highest BCUT2D eigenvalue weighted by atomic mass is 16.6. The maximum absolute atomic E-state index is 13.7. The highest BCUT2D eigenvalue weighted by Gasteiger charge is 2.33. The molecule has 1 N–H and O–H groups in total. The minimum atomic E-state index is -0.356. The molecule has 2 aliphatic heterocycles. The number of ether oxygens (including phenoxy) is 3. The van der Waals surface area contributed by atoms with Crippen molar-refractivity contribution < 1.29 is 19.0 Å². The van der Waals surface area contributed by atoms with E-state index in [4.69, 9.17) is 19.2 Å². The van der Waals surface area contributed by atoms with E-state index in [1.54, 1.807) is 30.4 Å². The number of anilines is 1. The van der Waals surface area contributed by atoms with Crippen molar-refractivity contribution in [2.75, 3.05) is 51.4 Å². The van der Waals surface area contributed by atoms with Crippen LogP contribution in [0.4, 0.5) is 5.82 Å². The van der Waals surface area contributed by atoms with Crippen molar-refractivity contribution in [3.63, 3.8) is 0 Å². The van der Waals surface area contributed by atoms with Gasteiger partial charge in [-0.3, -0.25) is 14.3 Å². The van der Waals surface area contributed by atoms with Gasteiger partial charge in [0.15, 0.2) is 11.5 Å². The summed E-state index contributed by atoms with van der Waals surface area (Å²) in [7, 11) is 1.67. The zero-order chi connectivity index (χ0) is 28.0. The number of piperazine rings is 1. The van der Waals surface area contributed by atoms with Crippen LogP contribution < -0.4 is 24.4 Å². The van der Waals surface area contributed by atoms with Crippen molar-refractivity contribution in [2.45, 2.75) is 19.0 Å². The van der Waals surface area contributed by atoms with Crippen molar-refractivity contribution in [1.82, 2.24) is 29.7 Å². The van der Waals surface area contributed by atoms with Gasteiger partial charge in [-0.05, 0) is 47.9 Å². The summed E-state index contributed by atoms with van der Waals surface area (Å²) in [6.07, 6.45) is 7.74. The SMILES string of the molecule is COc1ccc(CCN2CCN(c3ccnc(-n4ccnc4)n3)CC2C(=O)NCc2ccc3c(c2)OCCO3)cc1. The van der Waals surface area contributed by atoms with Crippen LogP contribution in [0.25, 0.3) is 5.95 Å². The first-order valence-corrected chi connectivity index (χ1v) is 13.8. The van der Waals surface area contributed by atoms with Crippen LogP contribution in [0.5, 0.6) is 17.2 Å². The second-order valence-electron chi connectivity index (χ2n) is 9.98. The third kappa shape index (κ3) is 6.25. The molecule has 11 nitrogen and oxygen atoms in total. The normalized spacial score (nSPS) is 16.8. The topological polar surface area (TPSA) is 107 Å². The van der Waals surface area contributed by atoms with Gasteiger partial charge in [0.2, 0.25) is 11.9 Å². The quantitative estimate of drug-likeness (QED) is 0.333. The molecule has 4 aromatic rings. The predicted molar refractivity (Wildman–Crippen MR) is 153 cm³/mol. The second-order valence-corrected chi connectivity index (χ2v) is 9.98. The molecule has 212 valence electrons. The number of nitrogens with zero attached hydrogens (tertiary/aromatic N) is 6. The van der Waals surface area contributed by atoms with Gasteiger partial charge in [-0.2, -0.15) is 4.98 Å². The van der Waals surface area contributed by atoms with Crippen molar-refractivity contribution in [1.29, 1.82) is 0 Å². The molecule has 11 heteroatoms. The third-order valence-electron chi connectivity index (χ3n) is 7.40. The number of methoxy groups -OCH3 is 1. The van der Waals surface area contributed by atoms with Gasteiger partial charge in [0.25, 0.3) is 0 Å². The average Bonchev–Trinajstić information content (AvgIpc) is 3.58. The van der Waals surface area contributed by atoms with Crippen LogP contribution >= 0.6 is 0 Å². The van der Waals surface area contributed by atoms with E-state index in [9.17, 15) is 4.79 Å². The van der Waals surface area contributed by atoms with E-state index in [0.29, 0.717) is 38.0 Å². The van der Waals surface area contributed by atoms with Crippen LogP contribution in [0.3, 0.4) is 0 Å². The molecule has 2 aromatic carbocycles. The fourth-order valence-corrected chi connectivity index (χ4v) is 5.13. The summed E-state index contributed by atoms with van der Waals surface area (Å²) in [4.78, 5) is 31.3. The number of benzene rings is 2. The van der Waals surface area contributed by atoms with Crippen molar-refractivity contribution in [3.05, 3.63) is 84.6 Å². The number of carbonyl (C=O) groups is 1. The first kappa shape index (κ1) is 26.6. The number of nitrogens with one attached hydrogen (secondary N) is 1. The first-order valence-electron chi connectivity index (χ1n) is 13.8. The summed E-state index contributed by atoms with van der Waals surface area (Å²) in [6, 6.07) is 15.4. The number of fused-ring (bicyclic) bond motifs is 1. The third-order valence-corrected chi connectivity index (χ3v) is 7.40. The summed E-state index contributed by atoms with van der Waals surface area (Å²) < 4.78 is 18.4. The fourth-order valence-electron chi connectivity index (χ4n) is 5.13. The molecule has 41 heavy (non-hydrogen) atoms. The zero-order valence-corrected chi connectivity index (χ0v) is 23.0. The standard InChI is InChI=1S/C30H33N7O4/c1-39-24-5-2-22(3-6-24)9-12-35-14-15-36(28-8-10-32-30(34-28)37-13-11-31-21-37)20-25(35)29(38)33-19-23-4-7-26-27(18-23)41-17-16-40-26/h2-8,10-11,13,18,21,25H,9,12,14-17,19-20H2,1H3,(H,33,38). The molecular weight excluding hydrogens is 522 g/mol. The molecule has 4 heterocycles. The van der Waals surface area contributed by atoms with E-state index in [1.807, 2.05) is 42.6 Å². The van der Waals surface area contributed by atoms with E-state index in [0.717, 1.165) is 48.9 Å². The molecule has 1 saturated heterocycles. The monoisotopic (exact) mass is 555 g/mol. The lowest BCUT2D eigenvalue weighted by molar-refractivity contribution is -0.126. The number of carbonyl (C=O) groups excluding carboxylic acids is 1.